The Bertz CT molecular complexity index is 489. The zero-order chi connectivity index (χ0) is 13.9. The maximum Gasteiger partial charge on any atom is 0.251 e. The average Bonchev–Trinajstić information content (AvgIpc) is 2.19. The molecule has 0 spiro atoms. The van der Waals surface area contributed by atoms with Crippen molar-refractivity contribution in [2.24, 2.45) is 5.73 Å². The normalized spacial score (nSPS) is 11.1. The molecule has 98 valence electrons. The van der Waals surface area contributed by atoms with E-state index in [1.165, 1.54) is 0 Å². The van der Waals surface area contributed by atoms with Crippen LogP contribution in [-0.4, -0.2) is 17.4 Å². The number of amides is 2. The van der Waals surface area contributed by atoms with E-state index in [9.17, 15) is 9.59 Å². The van der Waals surface area contributed by atoms with Crippen molar-refractivity contribution >= 4 is 39.3 Å². The van der Waals surface area contributed by atoms with Gasteiger partial charge in [-0.05, 0) is 48.0 Å². The summed E-state index contributed by atoms with van der Waals surface area (Å²) in [4.78, 5) is 22.9. The van der Waals surface area contributed by atoms with Gasteiger partial charge in [-0.1, -0.05) is 11.6 Å². The SMILES string of the molecule is CC(C)(CC(N)=O)NC(=O)c1ccc(Cl)c(Br)c1. The molecule has 4 nitrogen and oxygen atoms in total. The summed E-state index contributed by atoms with van der Waals surface area (Å²) in [6.45, 7) is 3.47. The van der Waals surface area contributed by atoms with E-state index in [4.69, 9.17) is 17.3 Å². The van der Waals surface area contributed by atoms with Crippen LogP contribution >= 0.6 is 27.5 Å². The third-order valence-electron chi connectivity index (χ3n) is 2.25. The molecule has 0 bridgehead atoms. The number of nitrogens with one attached hydrogen (secondary N) is 1. The minimum absolute atomic E-state index is 0.0769. The van der Waals surface area contributed by atoms with Gasteiger partial charge < -0.3 is 11.1 Å². The second-order valence-corrected chi connectivity index (χ2v) is 5.87. The summed E-state index contributed by atoms with van der Waals surface area (Å²) < 4.78 is 0.643. The third-order valence-corrected chi connectivity index (χ3v) is 3.46. The van der Waals surface area contributed by atoms with E-state index in [0.717, 1.165) is 0 Å². The summed E-state index contributed by atoms with van der Waals surface area (Å²) in [5, 5.41) is 3.28. The van der Waals surface area contributed by atoms with E-state index in [-0.39, 0.29) is 12.3 Å². The molecule has 0 fully saturated rings. The second kappa shape index (κ2) is 5.71. The Morgan fingerprint density at radius 1 is 1.44 bits per heavy atom. The van der Waals surface area contributed by atoms with Gasteiger partial charge in [-0.15, -0.1) is 0 Å². The average molecular weight is 334 g/mol. The van der Waals surface area contributed by atoms with Crippen LogP contribution in [0.3, 0.4) is 0 Å². The van der Waals surface area contributed by atoms with Gasteiger partial charge in [0.15, 0.2) is 0 Å². The lowest BCUT2D eigenvalue weighted by Gasteiger charge is -2.24. The zero-order valence-electron chi connectivity index (χ0n) is 10.1. The number of hydrogen-bond acceptors (Lipinski definition) is 2. The van der Waals surface area contributed by atoms with Crippen LogP contribution in [0, 0.1) is 0 Å². The fraction of sp³-hybridized carbons (Fsp3) is 0.333. The number of carbonyl (C=O) groups is 2. The van der Waals surface area contributed by atoms with Gasteiger partial charge in [0.05, 0.1) is 5.02 Å². The molecule has 0 unspecified atom stereocenters. The molecule has 0 aliphatic heterocycles. The first-order valence-electron chi connectivity index (χ1n) is 5.27. The monoisotopic (exact) mass is 332 g/mol. The summed E-state index contributed by atoms with van der Waals surface area (Å²) in [6, 6.07) is 4.86. The highest BCUT2D eigenvalue weighted by atomic mass is 79.9. The Hall–Kier alpha value is -1.07. The van der Waals surface area contributed by atoms with Gasteiger partial charge in [-0.3, -0.25) is 9.59 Å². The van der Waals surface area contributed by atoms with E-state index in [1.807, 2.05) is 0 Å². The highest BCUT2D eigenvalue weighted by molar-refractivity contribution is 9.10. The molecule has 0 aliphatic rings. The van der Waals surface area contributed by atoms with E-state index in [0.29, 0.717) is 15.1 Å². The van der Waals surface area contributed by atoms with Gasteiger partial charge in [0.2, 0.25) is 5.91 Å². The van der Waals surface area contributed by atoms with Gasteiger partial charge in [0.25, 0.3) is 5.91 Å². The highest BCUT2D eigenvalue weighted by Crippen LogP contribution is 2.23. The van der Waals surface area contributed by atoms with Crippen molar-refractivity contribution in [1.82, 2.24) is 5.32 Å². The Kier molecular flexibility index (Phi) is 4.76. The predicted octanol–water partition coefficient (Wildman–Crippen LogP) is 2.49. The number of nitrogens with two attached hydrogens (primary N) is 1. The lowest BCUT2D eigenvalue weighted by molar-refractivity contribution is -0.119. The molecular formula is C12H14BrClN2O2. The lowest BCUT2D eigenvalue weighted by atomic mass is 9.99. The second-order valence-electron chi connectivity index (χ2n) is 4.61. The molecule has 1 aromatic carbocycles. The number of halogens is 2. The van der Waals surface area contributed by atoms with Crippen LogP contribution in [0.25, 0.3) is 0 Å². The van der Waals surface area contributed by atoms with E-state index < -0.39 is 11.4 Å². The van der Waals surface area contributed by atoms with Crippen molar-refractivity contribution in [3.8, 4) is 0 Å². The first-order valence-corrected chi connectivity index (χ1v) is 6.44. The van der Waals surface area contributed by atoms with Gasteiger partial charge in [-0.25, -0.2) is 0 Å². The lowest BCUT2D eigenvalue weighted by Crippen LogP contribution is -2.46. The summed E-state index contributed by atoms with van der Waals surface area (Å²) in [6.07, 6.45) is 0.0769. The molecule has 1 rings (SSSR count). The molecule has 0 aromatic heterocycles. The van der Waals surface area contributed by atoms with Gasteiger partial charge in [0, 0.05) is 22.0 Å². The zero-order valence-corrected chi connectivity index (χ0v) is 12.4. The fourth-order valence-electron chi connectivity index (χ4n) is 1.50. The quantitative estimate of drug-likeness (QED) is 0.888. The summed E-state index contributed by atoms with van der Waals surface area (Å²) in [5.41, 5.74) is 4.90. The molecule has 1 aromatic rings. The summed E-state index contributed by atoms with van der Waals surface area (Å²) >= 11 is 9.10. The maximum atomic E-state index is 12.0. The first kappa shape index (κ1) is 15.0. The van der Waals surface area contributed by atoms with Gasteiger partial charge in [0.1, 0.15) is 0 Å². The summed E-state index contributed by atoms with van der Waals surface area (Å²) in [5.74, 6) is -0.740. The van der Waals surface area contributed by atoms with Crippen molar-refractivity contribution in [2.75, 3.05) is 0 Å². The number of benzene rings is 1. The van der Waals surface area contributed by atoms with E-state index in [1.54, 1.807) is 32.0 Å². The molecule has 6 heteroatoms. The van der Waals surface area contributed by atoms with Crippen LogP contribution in [-0.2, 0) is 4.79 Å². The van der Waals surface area contributed by atoms with Crippen LogP contribution in [0.1, 0.15) is 30.6 Å². The molecule has 0 saturated carbocycles. The van der Waals surface area contributed by atoms with Crippen LogP contribution in [0.15, 0.2) is 22.7 Å². The Morgan fingerprint density at radius 3 is 2.56 bits per heavy atom. The molecule has 0 heterocycles. The number of hydrogen-bond donors (Lipinski definition) is 2. The fourth-order valence-corrected chi connectivity index (χ4v) is 1.99. The topological polar surface area (TPSA) is 72.2 Å². The van der Waals surface area contributed by atoms with Crippen molar-refractivity contribution in [2.45, 2.75) is 25.8 Å². The molecule has 18 heavy (non-hydrogen) atoms. The first-order chi connectivity index (χ1) is 8.21. The smallest absolute Gasteiger partial charge is 0.251 e. The minimum atomic E-state index is -0.685. The van der Waals surface area contributed by atoms with Crippen LogP contribution in [0.2, 0.25) is 5.02 Å². The maximum absolute atomic E-state index is 12.0. The molecule has 0 saturated heterocycles. The predicted molar refractivity (Wildman–Crippen MR) is 74.5 cm³/mol. The third kappa shape index (κ3) is 4.31. The molecule has 3 N–H and O–H groups in total. The summed E-state index contributed by atoms with van der Waals surface area (Å²) in [7, 11) is 0. The van der Waals surface area contributed by atoms with Crippen LogP contribution in [0.4, 0.5) is 0 Å². The number of rotatable bonds is 4. The van der Waals surface area contributed by atoms with Gasteiger partial charge in [-0.2, -0.15) is 0 Å². The van der Waals surface area contributed by atoms with Crippen molar-refractivity contribution in [3.05, 3.63) is 33.3 Å². The van der Waals surface area contributed by atoms with E-state index in [2.05, 4.69) is 21.2 Å². The molecule has 0 atom stereocenters. The minimum Gasteiger partial charge on any atom is -0.370 e. The van der Waals surface area contributed by atoms with Crippen LogP contribution < -0.4 is 11.1 Å². The highest BCUT2D eigenvalue weighted by Gasteiger charge is 2.23. The standard InChI is InChI=1S/C12H14BrClN2O2/c1-12(2,6-10(15)17)16-11(18)7-3-4-9(14)8(13)5-7/h3-5H,6H2,1-2H3,(H2,15,17)(H,16,18). The molecule has 2 amide bonds. The number of carbonyl (C=O) groups excluding carboxylic acids is 2. The number of primary amides is 1. The van der Waals surface area contributed by atoms with Crippen molar-refractivity contribution < 1.29 is 9.59 Å². The molecular weight excluding hydrogens is 320 g/mol. The Morgan fingerprint density at radius 2 is 2.06 bits per heavy atom. The molecule has 0 radical (unpaired) electrons. The van der Waals surface area contributed by atoms with Crippen molar-refractivity contribution in [1.29, 1.82) is 0 Å². The van der Waals surface area contributed by atoms with E-state index >= 15 is 0 Å². The van der Waals surface area contributed by atoms with Crippen LogP contribution in [0.5, 0.6) is 0 Å². The Balaban J connectivity index is 2.82. The molecule has 0 aliphatic carbocycles. The largest absolute Gasteiger partial charge is 0.370 e. The van der Waals surface area contributed by atoms with Crippen molar-refractivity contribution in [3.63, 3.8) is 0 Å². The van der Waals surface area contributed by atoms with Gasteiger partial charge >= 0.3 is 0 Å². The Labute approximate surface area is 119 Å².